The maximum Gasteiger partial charge on any atom is 0.0619 e. The highest BCUT2D eigenvalue weighted by molar-refractivity contribution is 5.03. The van der Waals surface area contributed by atoms with E-state index >= 15 is 0 Å². The minimum Gasteiger partial charge on any atom is -0.394 e. The zero-order valence-electron chi connectivity index (χ0n) is 8.43. The van der Waals surface area contributed by atoms with E-state index in [1.165, 1.54) is 6.42 Å². The number of rotatable bonds is 1. The summed E-state index contributed by atoms with van der Waals surface area (Å²) in [6, 6.07) is 0. The summed E-state index contributed by atoms with van der Waals surface area (Å²) in [4.78, 5) is 0. The van der Waals surface area contributed by atoms with Crippen molar-refractivity contribution in [3.8, 4) is 0 Å². The van der Waals surface area contributed by atoms with Gasteiger partial charge in [0.05, 0.1) is 6.61 Å². The van der Waals surface area contributed by atoms with Crippen LogP contribution in [-0.2, 0) is 0 Å². The molecule has 0 amide bonds. The molecule has 0 aromatic rings. The molecule has 0 saturated heterocycles. The van der Waals surface area contributed by atoms with Crippen molar-refractivity contribution in [2.24, 2.45) is 17.1 Å². The first kappa shape index (κ1) is 10.0. The van der Waals surface area contributed by atoms with Gasteiger partial charge in [-0.05, 0) is 24.2 Å². The fourth-order valence-electron chi connectivity index (χ4n) is 2.38. The first-order valence-electron chi connectivity index (χ1n) is 4.84. The van der Waals surface area contributed by atoms with E-state index in [0.29, 0.717) is 5.92 Å². The van der Waals surface area contributed by atoms with E-state index in [0.717, 1.165) is 12.8 Å². The van der Waals surface area contributed by atoms with Crippen LogP contribution in [0.3, 0.4) is 0 Å². The van der Waals surface area contributed by atoms with Crippen LogP contribution in [0.2, 0.25) is 0 Å². The fraction of sp³-hybridized carbons (Fsp3) is 1.00. The van der Waals surface area contributed by atoms with E-state index in [4.69, 9.17) is 5.73 Å². The molecule has 2 nitrogen and oxygen atoms in total. The number of aliphatic hydroxyl groups is 1. The topological polar surface area (TPSA) is 46.2 Å². The van der Waals surface area contributed by atoms with Crippen LogP contribution in [0, 0.1) is 11.3 Å². The quantitative estimate of drug-likeness (QED) is 0.628. The van der Waals surface area contributed by atoms with Gasteiger partial charge in [0, 0.05) is 5.54 Å². The molecule has 72 valence electrons. The Balaban J connectivity index is 2.88. The van der Waals surface area contributed by atoms with Crippen LogP contribution in [0.5, 0.6) is 0 Å². The minimum absolute atomic E-state index is 0.0828. The van der Waals surface area contributed by atoms with Gasteiger partial charge in [0.25, 0.3) is 0 Å². The van der Waals surface area contributed by atoms with E-state index in [1.54, 1.807) is 0 Å². The largest absolute Gasteiger partial charge is 0.394 e. The predicted molar refractivity (Wildman–Crippen MR) is 50.8 cm³/mol. The molecule has 0 spiro atoms. The van der Waals surface area contributed by atoms with Gasteiger partial charge in [0.1, 0.15) is 0 Å². The lowest BCUT2D eigenvalue weighted by molar-refractivity contribution is 0.00109. The molecule has 0 heterocycles. The van der Waals surface area contributed by atoms with Gasteiger partial charge in [0.2, 0.25) is 0 Å². The minimum atomic E-state index is -0.370. The van der Waals surface area contributed by atoms with Gasteiger partial charge in [-0.25, -0.2) is 0 Å². The molecule has 3 N–H and O–H groups in total. The number of aliphatic hydroxyl groups excluding tert-OH is 1. The summed E-state index contributed by atoms with van der Waals surface area (Å²) in [5.74, 6) is 0.436. The van der Waals surface area contributed by atoms with Crippen LogP contribution < -0.4 is 5.73 Å². The molecule has 12 heavy (non-hydrogen) atoms. The highest BCUT2D eigenvalue weighted by Gasteiger charge is 2.47. The van der Waals surface area contributed by atoms with E-state index < -0.39 is 0 Å². The number of nitrogens with two attached hydrogens (primary N) is 1. The van der Waals surface area contributed by atoms with E-state index in [2.05, 4.69) is 20.8 Å². The van der Waals surface area contributed by atoms with Gasteiger partial charge < -0.3 is 10.8 Å². The third-order valence-corrected chi connectivity index (χ3v) is 3.84. The summed E-state index contributed by atoms with van der Waals surface area (Å²) in [6.07, 6.45) is 3.53. The van der Waals surface area contributed by atoms with E-state index in [1.807, 2.05) is 0 Å². The SMILES string of the molecule is CC1CCCC(C)(C)C1(N)CO. The average molecular weight is 171 g/mol. The summed E-state index contributed by atoms with van der Waals surface area (Å²) >= 11 is 0. The number of hydrogen-bond donors (Lipinski definition) is 2. The smallest absolute Gasteiger partial charge is 0.0619 e. The van der Waals surface area contributed by atoms with Crippen LogP contribution in [-0.4, -0.2) is 17.3 Å². The third-order valence-electron chi connectivity index (χ3n) is 3.84. The Kier molecular flexibility index (Phi) is 2.50. The molecule has 2 unspecified atom stereocenters. The Morgan fingerprint density at radius 1 is 1.50 bits per heavy atom. The first-order chi connectivity index (χ1) is 5.44. The molecule has 0 aromatic heterocycles. The Labute approximate surface area is 75.2 Å². The molecule has 1 rings (SSSR count). The van der Waals surface area contributed by atoms with Crippen LogP contribution >= 0.6 is 0 Å². The maximum atomic E-state index is 9.33. The Morgan fingerprint density at radius 2 is 2.08 bits per heavy atom. The molecule has 1 aliphatic rings. The summed E-state index contributed by atoms with van der Waals surface area (Å²) in [5, 5.41) is 9.33. The second kappa shape index (κ2) is 3.00. The lowest BCUT2D eigenvalue weighted by atomic mass is 9.59. The van der Waals surface area contributed by atoms with Gasteiger partial charge in [-0.1, -0.05) is 27.2 Å². The van der Waals surface area contributed by atoms with Crippen LogP contribution in [0.15, 0.2) is 0 Å². The fourth-order valence-corrected chi connectivity index (χ4v) is 2.38. The van der Waals surface area contributed by atoms with Gasteiger partial charge in [-0.15, -0.1) is 0 Å². The summed E-state index contributed by atoms with van der Waals surface area (Å²) in [7, 11) is 0. The summed E-state index contributed by atoms with van der Waals surface area (Å²) in [5.41, 5.74) is 5.94. The molecule has 0 aromatic carbocycles. The van der Waals surface area contributed by atoms with Crippen LogP contribution in [0.1, 0.15) is 40.0 Å². The van der Waals surface area contributed by atoms with Crippen molar-refractivity contribution in [2.75, 3.05) is 6.61 Å². The highest BCUT2D eigenvalue weighted by atomic mass is 16.3. The third kappa shape index (κ3) is 1.27. The Hall–Kier alpha value is -0.0800. The van der Waals surface area contributed by atoms with Crippen LogP contribution in [0.4, 0.5) is 0 Å². The molecule has 1 fully saturated rings. The predicted octanol–water partition coefficient (Wildman–Crippen LogP) is 1.52. The zero-order chi connectivity index (χ0) is 9.41. The summed E-state index contributed by atoms with van der Waals surface area (Å²) in [6.45, 7) is 6.59. The lowest BCUT2D eigenvalue weighted by Crippen LogP contribution is -2.61. The normalized spacial score (nSPS) is 41.2. The van der Waals surface area contributed by atoms with Gasteiger partial charge >= 0.3 is 0 Å². The van der Waals surface area contributed by atoms with E-state index in [-0.39, 0.29) is 17.6 Å². The standard InChI is InChI=1S/C10H21NO/c1-8-5-4-6-9(2,3)10(8,11)7-12/h8,12H,4-7,11H2,1-3H3. The van der Waals surface area contributed by atoms with E-state index in [9.17, 15) is 5.11 Å². The average Bonchev–Trinajstić information content (AvgIpc) is 2.00. The molecule has 1 aliphatic carbocycles. The molecule has 0 aliphatic heterocycles. The molecule has 2 atom stereocenters. The first-order valence-corrected chi connectivity index (χ1v) is 4.84. The van der Waals surface area contributed by atoms with Crippen LogP contribution in [0.25, 0.3) is 0 Å². The Morgan fingerprint density at radius 3 is 2.42 bits per heavy atom. The van der Waals surface area contributed by atoms with Crippen molar-refractivity contribution in [3.63, 3.8) is 0 Å². The van der Waals surface area contributed by atoms with Crippen molar-refractivity contribution >= 4 is 0 Å². The number of hydrogen-bond acceptors (Lipinski definition) is 2. The second-order valence-electron chi connectivity index (χ2n) is 4.88. The molecular formula is C10H21NO. The molecule has 0 bridgehead atoms. The van der Waals surface area contributed by atoms with Crippen molar-refractivity contribution in [1.29, 1.82) is 0 Å². The highest BCUT2D eigenvalue weighted by Crippen LogP contribution is 2.44. The monoisotopic (exact) mass is 171 g/mol. The van der Waals surface area contributed by atoms with Crippen molar-refractivity contribution in [1.82, 2.24) is 0 Å². The lowest BCUT2D eigenvalue weighted by Gasteiger charge is -2.50. The van der Waals surface area contributed by atoms with Crippen molar-refractivity contribution in [3.05, 3.63) is 0 Å². The van der Waals surface area contributed by atoms with Crippen molar-refractivity contribution in [2.45, 2.75) is 45.6 Å². The van der Waals surface area contributed by atoms with Gasteiger partial charge in [-0.2, -0.15) is 0 Å². The molecule has 2 heteroatoms. The molecule has 1 saturated carbocycles. The maximum absolute atomic E-state index is 9.33. The Bertz CT molecular complexity index is 167. The second-order valence-corrected chi connectivity index (χ2v) is 4.88. The summed E-state index contributed by atoms with van der Waals surface area (Å²) < 4.78 is 0. The van der Waals surface area contributed by atoms with Gasteiger partial charge in [-0.3, -0.25) is 0 Å². The van der Waals surface area contributed by atoms with Crippen molar-refractivity contribution < 1.29 is 5.11 Å². The van der Waals surface area contributed by atoms with Gasteiger partial charge in [0.15, 0.2) is 0 Å². The molecular weight excluding hydrogens is 150 g/mol. The zero-order valence-corrected chi connectivity index (χ0v) is 8.43. The molecule has 0 radical (unpaired) electrons.